The molecule has 0 radical (unpaired) electrons. The average molecular weight is 219 g/mol. The molecule has 0 fully saturated rings. The lowest BCUT2D eigenvalue weighted by Crippen LogP contribution is -2.23. The predicted octanol–water partition coefficient (Wildman–Crippen LogP) is 1.06. The molecule has 0 aliphatic rings. The Morgan fingerprint density at radius 1 is 1.38 bits per heavy atom. The van der Waals surface area contributed by atoms with Gasteiger partial charge in [0.05, 0.1) is 11.0 Å². The second kappa shape index (κ2) is 4.01. The number of carbonyl (C=O) groups excluding carboxylic acids is 2. The summed E-state index contributed by atoms with van der Waals surface area (Å²) < 4.78 is 4.43. The number of benzene rings is 1. The number of nitrogens with zero attached hydrogens (tertiary/aromatic N) is 1. The summed E-state index contributed by atoms with van der Waals surface area (Å²) in [5.41, 5.74) is 1.36. The molecule has 0 aliphatic carbocycles. The lowest BCUT2D eigenvalue weighted by Gasteiger charge is -1.97. The van der Waals surface area contributed by atoms with Gasteiger partial charge in [-0.2, -0.15) is 0 Å². The number of H-pyrrole nitrogens is 1. The third-order valence-electron chi connectivity index (χ3n) is 1.97. The molecule has 82 valence electrons. The molecule has 2 N–H and O–H groups in total. The molecule has 0 aliphatic heterocycles. The Balaban J connectivity index is 2.26. The maximum absolute atomic E-state index is 11.4. The largest absolute Gasteiger partial charge is 0.414 e. The zero-order valence-electron chi connectivity index (χ0n) is 8.48. The van der Waals surface area contributed by atoms with E-state index in [1.807, 2.05) is 6.07 Å². The Morgan fingerprint density at radius 3 is 2.81 bits per heavy atom. The molecule has 0 spiro atoms. The number of ether oxygens (including phenoxy) is 1. The van der Waals surface area contributed by atoms with Crippen molar-refractivity contribution in [3.05, 3.63) is 30.1 Å². The maximum Gasteiger partial charge on any atom is 0.414 e. The van der Waals surface area contributed by atoms with Crippen molar-refractivity contribution in [2.24, 2.45) is 0 Å². The van der Waals surface area contributed by atoms with E-state index in [1.165, 1.54) is 7.05 Å². The number of aromatic amines is 1. The molecule has 2 rings (SSSR count). The summed E-state index contributed by atoms with van der Waals surface area (Å²) in [7, 11) is 1.37. The third-order valence-corrected chi connectivity index (χ3v) is 1.97. The smallest absolute Gasteiger partial charge is 0.370 e. The number of para-hydroxylation sites is 2. The number of hydrogen-bond donors (Lipinski definition) is 2. The lowest BCUT2D eigenvalue weighted by molar-refractivity contribution is 0.0614. The van der Waals surface area contributed by atoms with Crippen molar-refractivity contribution < 1.29 is 14.3 Å². The molecule has 1 aromatic carbocycles. The van der Waals surface area contributed by atoms with Crippen LogP contribution in [0.15, 0.2) is 24.3 Å². The number of fused-ring (bicyclic) bond motifs is 1. The maximum atomic E-state index is 11.4. The van der Waals surface area contributed by atoms with Crippen molar-refractivity contribution >= 4 is 23.1 Å². The second-order valence-electron chi connectivity index (χ2n) is 3.03. The van der Waals surface area contributed by atoms with Crippen molar-refractivity contribution in [1.82, 2.24) is 15.3 Å². The minimum absolute atomic E-state index is 0.00444. The van der Waals surface area contributed by atoms with Gasteiger partial charge in [0.2, 0.25) is 5.82 Å². The summed E-state index contributed by atoms with van der Waals surface area (Å²) >= 11 is 0. The van der Waals surface area contributed by atoms with Gasteiger partial charge in [0.25, 0.3) is 0 Å². The Morgan fingerprint density at radius 2 is 2.12 bits per heavy atom. The highest BCUT2D eigenvalue weighted by molar-refractivity contribution is 5.96. The number of aromatic nitrogens is 2. The topological polar surface area (TPSA) is 84.1 Å². The molecule has 6 nitrogen and oxygen atoms in total. The molecule has 0 bridgehead atoms. The number of rotatable bonds is 1. The van der Waals surface area contributed by atoms with Gasteiger partial charge in [0.15, 0.2) is 0 Å². The Hall–Kier alpha value is -2.37. The molecular formula is C10H9N3O3. The Labute approximate surface area is 90.6 Å². The molecule has 6 heteroatoms. The second-order valence-corrected chi connectivity index (χ2v) is 3.03. The number of hydrogen-bond acceptors (Lipinski definition) is 4. The van der Waals surface area contributed by atoms with Gasteiger partial charge in [0.1, 0.15) is 0 Å². The molecule has 1 heterocycles. The van der Waals surface area contributed by atoms with Gasteiger partial charge in [0, 0.05) is 7.05 Å². The van der Waals surface area contributed by atoms with Crippen LogP contribution in [0.5, 0.6) is 0 Å². The molecule has 1 aromatic heterocycles. The van der Waals surface area contributed by atoms with Crippen LogP contribution in [-0.2, 0) is 4.74 Å². The standard InChI is InChI=1S/C10H9N3O3/c1-11-10(15)16-9(14)8-12-6-4-2-3-5-7(6)13-8/h2-5H,1H3,(H,11,15)(H,12,13). The molecule has 1 amide bonds. The fourth-order valence-electron chi connectivity index (χ4n) is 1.23. The highest BCUT2D eigenvalue weighted by atomic mass is 16.6. The first kappa shape index (κ1) is 10.2. The zero-order valence-corrected chi connectivity index (χ0v) is 8.48. The van der Waals surface area contributed by atoms with Crippen LogP contribution in [0, 0.1) is 0 Å². The molecule has 16 heavy (non-hydrogen) atoms. The van der Waals surface area contributed by atoms with Crippen LogP contribution >= 0.6 is 0 Å². The first-order valence-electron chi connectivity index (χ1n) is 4.59. The fourth-order valence-corrected chi connectivity index (χ4v) is 1.23. The van der Waals surface area contributed by atoms with Crippen LogP contribution in [-0.4, -0.2) is 29.1 Å². The van der Waals surface area contributed by atoms with Crippen molar-refractivity contribution in [3.8, 4) is 0 Å². The van der Waals surface area contributed by atoms with Crippen LogP contribution in [0.2, 0.25) is 0 Å². The molecule has 2 aromatic rings. The van der Waals surface area contributed by atoms with E-state index >= 15 is 0 Å². The van der Waals surface area contributed by atoms with E-state index in [-0.39, 0.29) is 5.82 Å². The Kier molecular flexibility index (Phi) is 2.55. The minimum atomic E-state index is -0.814. The molecule has 0 saturated heterocycles. The van der Waals surface area contributed by atoms with Gasteiger partial charge in [-0.1, -0.05) is 12.1 Å². The number of esters is 1. The summed E-state index contributed by atoms with van der Waals surface area (Å²) in [6.07, 6.45) is -0.814. The first-order valence-corrected chi connectivity index (χ1v) is 4.59. The van der Waals surface area contributed by atoms with Crippen LogP contribution in [0.1, 0.15) is 10.6 Å². The number of carbonyl (C=O) groups is 2. The van der Waals surface area contributed by atoms with E-state index < -0.39 is 12.1 Å². The van der Waals surface area contributed by atoms with Crippen LogP contribution in [0.25, 0.3) is 11.0 Å². The van der Waals surface area contributed by atoms with Crippen LogP contribution in [0.3, 0.4) is 0 Å². The van der Waals surface area contributed by atoms with Crippen LogP contribution in [0.4, 0.5) is 4.79 Å². The summed E-state index contributed by atoms with van der Waals surface area (Å²) in [6, 6.07) is 7.15. The van der Waals surface area contributed by atoms with E-state index in [4.69, 9.17) is 0 Å². The molecule has 0 atom stereocenters. The molecule has 0 unspecified atom stereocenters. The van der Waals surface area contributed by atoms with Gasteiger partial charge in [-0.05, 0) is 12.1 Å². The predicted molar refractivity (Wildman–Crippen MR) is 56.0 cm³/mol. The van der Waals surface area contributed by atoms with E-state index in [1.54, 1.807) is 18.2 Å². The van der Waals surface area contributed by atoms with Crippen molar-refractivity contribution in [2.45, 2.75) is 0 Å². The number of amides is 1. The quantitative estimate of drug-likeness (QED) is 0.554. The van der Waals surface area contributed by atoms with Gasteiger partial charge < -0.3 is 15.0 Å². The average Bonchev–Trinajstić information content (AvgIpc) is 2.72. The van der Waals surface area contributed by atoms with Crippen LogP contribution < -0.4 is 5.32 Å². The van der Waals surface area contributed by atoms with E-state index in [0.717, 1.165) is 0 Å². The van der Waals surface area contributed by atoms with E-state index in [0.29, 0.717) is 11.0 Å². The minimum Gasteiger partial charge on any atom is -0.370 e. The molecular weight excluding hydrogens is 210 g/mol. The summed E-state index contributed by atoms with van der Waals surface area (Å²) in [4.78, 5) is 29.0. The monoisotopic (exact) mass is 219 g/mol. The van der Waals surface area contributed by atoms with Crippen molar-refractivity contribution in [1.29, 1.82) is 0 Å². The van der Waals surface area contributed by atoms with Crippen molar-refractivity contribution in [3.63, 3.8) is 0 Å². The zero-order chi connectivity index (χ0) is 11.5. The number of nitrogens with one attached hydrogen (secondary N) is 2. The third kappa shape index (κ3) is 1.85. The van der Waals surface area contributed by atoms with Gasteiger partial charge in [-0.25, -0.2) is 14.6 Å². The van der Waals surface area contributed by atoms with E-state index in [2.05, 4.69) is 20.0 Å². The Bertz CT molecular complexity index is 514. The van der Waals surface area contributed by atoms with E-state index in [9.17, 15) is 9.59 Å². The summed E-state index contributed by atoms with van der Waals surface area (Å²) in [5, 5.41) is 2.18. The first-order chi connectivity index (χ1) is 7.70. The summed E-state index contributed by atoms with van der Waals surface area (Å²) in [6.45, 7) is 0. The SMILES string of the molecule is CNC(=O)OC(=O)c1nc2ccccc2[nH]1. The molecule has 0 saturated carbocycles. The van der Waals surface area contributed by atoms with Gasteiger partial charge in [-0.15, -0.1) is 0 Å². The number of imidazole rings is 1. The van der Waals surface area contributed by atoms with Crippen molar-refractivity contribution in [2.75, 3.05) is 7.05 Å². The summed E-state index contributed by atoms with van der Waals surface area (Å²) in [5.74, 6) is -0.805. The van der Waals surface area contributed by atoms with Gasteiger partial charge in [-0.3, -0.25) is 0 Å². The highest BCUT2D eigenvalue weighted by Crippen LogP contribution is 2.10. The highest BCUT2D eigenvalue weighted by Gasteiger charge is 2.15. The lowest BCUT2D eigenvalue weighted by atomic mass is 10.3. The van der Waals surface area contributed by atoms with Gasteiger partial charge >= 0.3 is 12.1 Å². The number of alkyl carbamates (subject to hydrolysis) is 1. The normalized spacial score (nSPS) is 10.1. The fraction of sp³-hybridized carbons (Fsp3) is 0.100.